The van der Waals surface area contributed by atoms with Crippen LogP contribution in [0.25, 0.3) is 5.70 Å². The molecule has 3 heterocycles. The van der Waals surface area contributed by atoms with Crippen LogP contribution in [0.2, 0.25) is 0 Å². The third kappa shape index (κ3) is 2.96. The SMILES string of the molecule is Fc1ccc([C@@H]2Oc3ccccc3C3=C2[C@@H](c2ccc(Br)cc2)n2ncnc2N3)cc1. The first-order valence-corrected chi connectivity index (χ1v) is 10.7. The maximum Gasteiger partial charge on any atom is 0.226 e. The average molecular weight is 475 g/mol. The summed E-state index contributed by atoms with van der Waals surface area (Å²) in [6.07, 6.45) is 1.13. The third-order valence-corrected chi connectivity index (χ3v) is 6.21. The van der Waals surface area contributed by atoms with Crippen molar-refractivity contribution < 1.29 is 9.13 Å². The van der Waals surface area contributed by atoms with Gasteiger partial charge in [-0.3, -0.25) is 0 Å². The summed E-state index contributed by atoms with van der Waals surface area (Å²) in [5.41, 5.74) is 4.84. The van der Waals surface area contributed by atoms with Gasteiger partial charge in [0.2, 0.25) is 5.95 Å². The van der Waals surface area contributed by atoms with Crippen LogP contribution < -0.4 is 10.1 Å². The monoisotopic (exact) mass is 474 g/mol. The normalized spacial score (nSPS) is 19.0. The number of nitrogens with one attached hydrogen (secondary N) is 1. The number of aromatic nitrogens is 3. The van der Waals surface area contributed by atoms with Crippen LogP contribution >= 0.6 is 15.9 Å². The van der Waals surface area contributed by atoms with E-state index in [1.807, 2.05) is 41.1 Å². The molecular weight excluding hydrogens is 459 g/mol. The highest BCUT2D eigenvalue weighted by atomic mass is 79.9. The Morgan fingerprint density at radius 1 is 0.935 bits per heavy atom. The summed E-state index contributed by atoms with van der Waals surface area (Å²) in [6.45, 7) is 0. The molecule has 0 saturated heterocycles. The molecule has 0 bridgehead atoms. The van der Waals surface area contributed by atoms with Crippen molar-refractivity contribution in [2.45, 2.75) is 12.1 Å². The minimum atomic E-state index is -0.413. The highest BCUT2D eigenvalue weighted by molar-refractivity contribution is 9.10. The summed E-state index contributed by atoms with van der Waals surface area (Å²) in [7, 11) is 0. The van der Waals surface area contributed by atoms with E-state index in [9.17, 15) is 4.39 Å². The topological polar surface area (TPSA) is 52.0 Å². The van der Waals surface area contributed by atoms with Crippen LogP contribution in [0.4, 0.5) is 10.3 Å². The molecule has 0 unspecified atom stereocenters. The summed E-state index contributed by atoms with van der Waals surface area (Å²) in [5, 5.41) is 7.97. The van der Waals surface area contributed by atoms with E-state index in [1.54, 1.807) is 18.5 Å². The lowest BCUT2D eigenvalue weighted by Crippen LogP contribution is -2.32. The molecule has 0 radical (unpaired) electrons. The van der Waals surface area contributed by atoms with E-state index in [0.717, 1.165) is 38.2 Å². The lowest BCUT2D eigenvalue weighted by atomic mass is 9.84. The number of para-hydroxylation sites is 1. The number of hydrogen-bond acceptors (Lipinski definition) is 4. The van der Waals surface area contributed by atoms with Crippen molar-refractivity contribution >= 4 is 27.6 Å². The van der Waals surface area contributed by atoms with Crippen LogP contribution in [0.15, 0.2) is 89.2 Å². The Morgan fingerprint density at radius 2 is 1.68 bits per heavy atom. The van der Waals surface area contributed by atoms with E-state index >= 15 is 0 Å². The molecule has 5 nitrogen and oxygen atoms in total. The first kappa shape index (κ1) is 18.3. The van der Waals surface area contributed by atoms with Crippen molar-refractivity contribution in [2.75, 3.05) is 5.32 Å². The van der Waals surface area contributed by atoms with Crippen LogP contribution in [-0.2, 0) is 0 Å². The molecule has 1 N–H and O–H groups in total. The molecule has 0 aliphatic carbocycles. The molecule has 7 heteroatoms. The smallest absolute Gasteiger partial charge is 0.226 e. The van der Waals surface area contributed by atoms with Crippen molar-refractivity contribution in [2.24, 2.45) is 0 Å². The van der Waals surface area contributed by atoms with Gasteiger partial charge in [0.25, 0.3) is 0 Å². The molecule has 0 saturated carbocycles. The summed E-state index contributed by atoms with van der Waals surface area (Å²) < 4.78 is 23.0. The number of rotatable bonds is 2. The Bertz CT molecular complexity index is 1310. The molecule has 1 aromatic heterocycles. The van der Waals surface area contributed by atoms with Gasteiger partial charge in [-0.25, -0.2) is 9.07 Å². The van der Waals surface area contributed by atoms with Gasteiger partial charge in [-0.15, -0.1) is 0 Å². The first-order valence-electron chi connectivity index (χ1n) is 9.86. The maximum atomic E-state index is 13.7. The Hall–Kier alpha value is -3.45. The van der Waals surface area contributed by atoms with Gasteiger partial charge in [0.15, 0.2) is 0 Å². The van der Waals surface area contributed by atoms with Crippen molar-refractivity contribution in [3.63, 3.8) is 0 Å². The van der Waals surface area contributed by atoms with Gasteiger partial charge in [0.05, 0.1) is 5.70 Å². The summed E-state index contributed by atoms with van der Waals surface area (Å²) in [6, 6.07) is 22.3. The van der Waals surface area contributed by atoms with Gasteiger partial charge in [-0.05, 0) is 47.5 Å². The zero-order valence-electron chi connectivity index (χ0n) is 16.2. The standard InChI is InChI=1S/C24H16BrFN4O/c25-16-9-5-14(6-10-16)22-20-21(29-24-27-13-28-30(22)24)18-3-1-2-4-19(18)31-23(20)15-7-11-17(26)12-8-15/h1-13,22-23H,(H,27,28,29)/t22-,23+/m1/s1. The molecule has 0 spiro atoms. The fourth-order valence-electron chi connectivity index (χ4n) is 4.30. The van der Waals surface area contributed by atoms with Gasteiger partial charge in [0, 0.05) is 15.6 Å². The summed E-state index contributed by atoms with van der Waals surface area (Å²) in [5.74, 6) is 1.16. The molecule has 0 fully saturated rings. The minimum absolute atomic E-state index is 0.231. The number of nitrogens with zero attached hydrogens (tertiary/aromatic N) is 3. The quantitative estimate of drug-likeness (QED) is 0.402. The number of ether oxygens (including phenoxy) is 1. The summed E-state index contributed by atoms with van der Waals surface area (Å²) in [4.78, 5) is 4.43. The number of fused-ring (bicyclic) bond motifs is 3. The molecule has 6 rings (SSSR count). The molecular formula is C24H16BrFN4O. The molecule has 31 heavy (non-hydrogen) atoms. The number of benzene rings is 3. The van der Waals surface area contributed by atoms with Crippen LogP contribution in [0.5, 0.6) is 5.75 Å². The van der Waals surface area contributed by atoms with Crippen molar-refractivity contribution in [3.05, 3.63) is 112 Å². The predicted octanol–water partition coefficient (Wildman–Crippen LogP) is 5.74. The minimum Gasteiger partial charge on any atom is -0.480 e. The Morgan fingerprint density at radius 3 is 2.48 bits per heavy atom. The predicted molar refractivity (Wildman–Crippen MR) is 119 cm³/mol. The fraction of sp³-hybridized carbons (Fsp3) is 0.0833. The first-order chi connectivity index (χ1) is 15.2. The number of anilines is 1. The Balaban J connectivity index is 1.62. The van der Waals surface area contributed by atoms with Crippen molar-refractivity contribution in [1.82, 2.24) is 14.8 Å². The van der Waals surface area contributed by atoms with Gasteiger partial charge in [-0.1, -0.05) is 52.3 Å². The van der Waals surface area contributed by atoms with Crippen molar-refractivity contribution in [1.29, 1.82) is 0 Å². The molecule has 2 aliphatic heterocycles. The van der Waals surface area contributed by atoms with E-state index in [1.165, 1.54) is 12.1 Å². The molecule has 2 atom stereocenters. The lowest BCUT2D eigenvalue weighted by molar-refractivity contribution is 0.223. The van der Waals surface area contributed by atoms with Crippen LogP contribution in [0, 0.1) is 5.82 Å². The molecule has 152 valence electrons. The maximum absolute atomic E-state index is 13.7. The highest BCUT2D eigenvalue weighted by Crippen LogP contribution is 2.50. The van der Waals surface area contributed by atoms with Crippen LogP contribution in [-0.4, -0.2) is 14.8 Å². The second-order valence-corrected chi connectivity index (χ2v) is 8.40. The van der Waals surface area contributed by atoms with E-state index in [-0.39, 0.29) is 11.9 Å². The molecule has 2 aliphatic rings. The fourth-order valence-corrected chi connectivity index (χ4v) is 4.56. The number of hydrogen-bond donors (Lipinski definition) is 1. The molecule has 3 aromatic carbocycles. The van der Waals surface area contributed by atoms with E-state index < -0.39 is 6.10 Å². The average Bonchev–Trinajstić information content (AvgIpc) is 3.27. The molecule has 4 aromatic rings. The highest BCUT2D eigenvalue weighted by Gasteiger charge is 2.40. The van der Waals surface area contributed by atoms with Crippen LogP contribution in [0.3, 0.4) is 0 Å². The van der Waals surface area contributed by atoms with E-state index in [0.29, 0.717) is 5.95 Å². The second kappa shape index (κ2) is 7.06. The van der Waals surface area contributed by atoms with Gasteiger partial charge in [0.1, 0.15) is 30.0 Å². The number of halogens is 2. The van der Waals surface area contributed by atoms with Crippen LogP contribution in [0.1, 0.15) is 28.8 Å². The zero-order chi connectivity index (χ0) is 20.9. The van der Waals surface area contributed by atoms with Gasteiger partial charge >= 0.3 is 0 Å². The Labute approximate surface area is 186 Å². The van der Waals surface area contributed by atoms with Crippen molar-refractivity contribution in [3.8, 4) is 5.75 Å². The second-order valence-electron chi connectivity index (χ2n) is 7.48. The third-order valence-electron chi connectivity index (χ3n) is 5.68. The van der Waals surface area contributed by atoms with Gasteiger partial charge in [-0.2, -0.15) is 10.1 Å². The van der Waals surface area contributed by atoms with E-state index in [4.69, 9.17) is 4.74 Å². The Kier molecular flexibility index (Phi) is 4.17. The lowest BCUT2D eigenvalue weighted by Gasteiger charge is -2.39. The van der Waals surface area contributed by atoms with Gasteiger partial charge < -0.3 is 10.1 Å². The molecule has 0 amide bonds. The van der Waals surface area contributed by atoms with E-state index in [2.05, 4.69) is 43.5 Å². The summed E-state index contributed by atoms with van der Waals surface area (Å²) >= 11 is 3.52. The largest absolute Gasteiger partial charge is 0.480 e. The zero-order valence-corrected chi connectivity index (χ0v) is 17.8.